The van der Waals surface area contributed by atoms with Crippen LogP contribution < -0.4 is 0 Å². The molecule has 1 nitrogen and oxygen atoms in total. The van der Waals surface area contributed by atoms with Crippen molar-refractivity contribution in [2.24, 2.45) is 5.92 Å². The quantitative estimate of drug-likeness (QED) is 0.771. The average Bonchev–Trinajstić information content (AvgIpc) is 2.26. The lowest BCUT2D eigenvalue weighted by Gasteiger charge is -2.09. The number of aliphatic hydroxyl groups excluding tert-OH is 1. The van der Waals surface area contributed by atoms with Crippen LogP contribution in [0.1, 0.15) is 31.4 Å². The van der Waals surface area contributed by atoms with Crippen LogP contribution in [0.4, 0.5) is 0 Å². The van der Waals surface area contributed by atoms with Crippen LogP contribution in [0.25, 0.3) is 0 Å². The van der Waals surface area contributed by atoms with E-state index in [0.29, 0.717) is 0 Å². The van der Waals surface area contributed by atoms with Crippen LogP contribution in [0.2, 0.25) is 0 Å². The molecule has 0 bridgehead atoms. The average molecular weight is 224 g/mol. The molecule has 84 valence electrons. The minimum absolute atomic E-state index is 0.141. The van der Waals surface area contributed by atoms with Gasteiger partial charge in [-0.1, -0.05) is 26.3 Å². The molecule has 1 unspecified atom stereocenters. The summed E-state index contributed by atoms with van der Waals surface area (Å²) in [5.74, 6) is 1.95. The van der Waals surface area contributed by atoms with Crippen molar-refractivity contribution in [1.29, 1.82) is 0 Å². The van der Waals surface area contributed by atoms with Gasteiger partial charge in [0.2, 0.25) is 0 Å². The van der Waals surface area contributed by atoms with Crippen molar-refractivity contribution in [2.75, 3.05) is 5.75 Å². The standard InChI is InChI=1S/C13H20OS/c1-4-10(2)9-15-13-6-5-12(8-14)11(3)7-13/h5-7,10,14H,4,8-9H2,1-3H3. The van der Waals surface area contributed by atoms with E-state index in [4.69, 9.17) is 5.11 Å². The number of hydrogen-bond acceptors (Lipinski definition) is 2. The van der Waals surface area contributed by atoms with Crippen LogP contribution in [0.5, 0.6) is 0 Å². The molecule has 0 aliphatic heterocycles. The zero-order chi connectivity index (χ0) is 11.3. The maximum absolute atomic E-state index is 9.06. The summed E-state index contributed by atoms with van der Waals surface area (Å²) in [6, 6.07) is 6.29. The Morgan fingerprint density at radius 1 is 1.40 bits per heavy atom. The van der Waals surface area contributed by atoms with Crippen molar-refractivity contribution in [1.82, 2.24) is 0 Å². The van der Waals surface area contributed by atoms with Crippen molar-refractivity contribution in [3.63, 3.8) is 0 Å². The SMILES string of the molecule is CCC(C)CSc1ccc(CO)c(C)c1. The minimum Gasteiger partial charge on any atom is -0.392 e. The van der Waals surface area contributed by atoms with Crippen molar-refractivity contribution in [2.45, 2.75) is 38.7 Å². The monoisotopic (exact) mass is 224 g/mol. The number of hydrogen-bond donors (Lipinski definition) is 1. The van der Waals surface area contributed by atoms with E-state index in [0.717, 1.165) is 11.5 Å². The van der Waals surface area contributed by atoms with Gasteiger partial charge < -0.3 is 5.11 Å². The lowest BCUT2D eigenvalue weighted by Crippen LogP contribution is -1.95. The Kier molecular flexibility index (Phi) is 5.20. The van der Waals surface area contributed by atoms with E-state index in [-0.39, 0.29) is 6.61 Å². The number of aliphatic hydroxyl groups is 1. The molecule has 1 N–H and O–H groups in total. The first-order valence-corrected chi connectivity index (χ1v) is 6.49. The molecule has 0 saturated heterocycles. The van der Waals surface area contributed by atoms with Crippen molar-refractivity contribution in [3.05, 3.63) is 29.3 Å². The lowest BCUT2D eigenvalue weighted by molar-refractivity contribution is 0.281. The lowest BCUT2D eigenvalue weighted by atomic mass is 10.1. The molecule has 0 radical (unpaired) electrons. The van der Waals surface area contributed by atoms with Crippen molar-refractivity contribution < 1.29 is 5.11 Å². The maximum Gasteiger partial charge on any atom is 0.0684 e. The molecular formula is C13H20OS. The van der Waals surface area contributed by atoms with Gasteiger partial charge in [0.15, 0.2) is 0 Å². The summed E-state index contributed by atoms with van der Waals surface area (Å²) in [5, 5.41) is 9.06. The largest absolute Gasteiger partial charge is 0.392 e. The molecule has 0 saturated carbocycles. The molecule has 2 heteroatoms. The molecule has 0 heterocycles. The summed E-state index contributed by atoms with van der Waals surface area (Å²) in [5.41, 5.74) is 2.22. The van der Waals surface area contributed by atoms with E-state index in [1.54, 1.807) is 0 Å². The van der Waals surface area contributed by atoms with Crippen LogP contribution in [0, 0.1) is 12.8 Å². The fourth-order valence-electron chi connectivity index (χ4n) is 1.29. The summed E-state index contributed by atoms with van der Waals surface area (Å²) in [6.07, 6.45) is 1.24. The highest BCUT2D eigenvalue weighted by molar-refractivity contribution is 7.99. The van der Waals surface area contributed by atoms with Gasteiger partial charge in [0, 0.05) is 10.6 Å². The first-order valence-electron chi connectivity index (χ1n) is 5.50. The maximum atomic E-state index is 9.06. The predicted molar refractivity (Wildman–Crippen MR) is 67.3 cm³/mol. The van der Waals surface area contributed by atoms with Gasteiger partial charge in [-0.25, -0.2) is 0 Å². The molecule has 1 rings (SSSR count). The fraction of sp³-hybridized carbons (Fsp3) is 0.538. The zero-order valence-electron chi connectivity index (χ0n) is 9.79. The fourth-order valence-corrected chi connectivity index (χ4v) is 2.43. The Labute approximate surface area is 96.9 Å². The van der Waals surface area contributed by atoms with Crippen molar-refractivity contribution >= 4 is 11.8 Å². The van der Waals surface area contributed by atoms with Gasteiger partial charge in [-0.2, -0.15) is 0 Å². The highest BCUT2D eigenvalue weighted by Gasteiger charge is 2.02. The van der Waals surface area contributed by atoms with Gasteiger partial charge in [-0.3, -0.25) is 0 Å². The minimum atomic E-state index is 0.141. The predicted octanol–water partition coefficient (Wildman–Crippen LogP) is 3.63. The van der Waals surface area contributed by atoms with Gasteiger partial charge in [0.05, 0.1) is 6.61 Å². The van der Waals surface area contributed by atoms with E-state index in [1.165, 1.54) is 22.6 Å². The highest BCUT2D eigenvalue weighted by atomic mass is 32.2. The van der Waals surface area contributed by atoms with Gasteiger partial charge in [-0.15, -0.1) is 11.8 Å². The molecular weight excluding hydrogens is 204 g/mol. The zero-order valence-corrected chi connectivity index (χ0v) is 10.6. The van der Waals surface area contributed by atoms with Gasteiger partial charge in [0.25, 0.3) is 0 Å². The van der Waals surface area contributed by atoms with Crippen LogP contribution in [-0.4, -0.2) is 10.9 Å². The first kappa shape index (κ1) is 12.6. The Hall–Kier alpha value is -0.470. The van der Waals surface area contributed by atoms with Crippen molar-refractivity contribution in [3.8, 4) is 0 Å². The van der Waals surface area contributed by atoms with Crippen LogP contribution in [0.15, 0.2) is 23.1 Å². The molecule has 0 spiro atoms. The molecule has 15 heavy (non-hydrogen) atoms. The number of rotatable bonds is 5. The smallest absolute Gasteiger partial charge is 0.0684 e. The third-order valence-electron chi connectivity index (χ3n) is 2.72. The number of benzene rings is 1. The van der Waals surface area contributed by atoms with E-state index in [9.17, 15) is 0 Å². The molecule has 0 aromatic heterocycles. The summed E-state index contributed by atoms with van der Waals surface area (Å²) >= 11 is 1.90. The Balaban J connectivity index is 2.59. The normalized spacial score (nSPS) is 12.8. The molecule has 1 aromatic rings. The second kappa shape index (κ2) is 6.19. The Morgan fingerprint density at radius 2 is 2.13 bits per heavy atom. The summed E-state index contributed by atoms with van der Waals surface area (Å²) in [4.78, 5) is 1.31. The molecule has 0 fully saturated rings. The van der Waals surface area contributed by atoms with E-state index < -0.39 is 0 Å². The van der Waals surface area contributed by atoms with E-state index in [2.05, 4.69) is 32.9 Å². The molecule has 1 atom stereocenters. The van der Waals surface area contributed by atoms with Crippen LogP contribution in [0.3, 0.4) is 0 Å². The highest BCUT2D eigenvalue weighted by Crippen LogP contribution is 2.24. The van der Waals surface area contributed by atoms with E-state index >= 15 is 0 Å². The van der Waals surface area contributed by atoms with Gasteiger partial charge in [0.1, 0.15) is 0 Å². The van der Waals surface area contributed by atoms with Crippen LogP contribution in [-0.2, 0) is 6.61 Å². The van der Waals surface area contributed by atoms with Gasteiger partial charge >= 0.3 is 0 Å². The third kappa shape index (κ3) is 3.88. The second-order valence-electron chi connectivity index (χ2n) is 4.07. The molecule has 1 aromatic carbocycles. The van der Waals surface area contributed by atoms with E-state index in [1.807, 2.05) is 17.8 Å². The molecule has 0 aliphatic carbocycles. The molecule has 0 aliphatic rings. The van der Waals surface area contributed by atoms with Crippen LogP contribution >= 0.6 is 11.8 Å². The number of thioether (sulfide) groups is 1. The Bertz CT molecular complexity index is 309. The summed E-state index contributed by atoms with van der Waals surface area (Å²) < 4.78 is 0. The Morgan fingerprint density at radius 3 is 2.67 bits per heavy atom. The summed E-state index contributed by atoms with van der Waals surface area (Å²) in [7, 11) is 0. The summed E-state index contributed by atoms with van der Waals surface area (Å²) in [6.45, 7) is 6.70. The second-order valence-corrected chi connectivity index (χ2v) is 5.16. The number of aryl methyl sites for hydroxylation is 1. The topological polar surface area (TPSA) is 20.2 Å². The molecule has 0 amide bonds. The van der Waals surface area contributed by atoms with Gasteiger partial charge in [-0.05, 0) is 36.1 Å². The first-order chi connectivity index (χ1) is 7.17. The third-order valence-corrected chi connectivity index (χ3v) is 4.04.